The van der Waals surface area contributed by atoms with E-state index in [4.69, 9.17) is 21.1 Å². The van der Waals surface area contributed by atoms with Crippen LogP contribution < -0.4 is 5.32 Å². The number of ether oxygens (including phenoxy) is 2. The Balaban J connectivity index is 1.40. The number of piperidine rings is 1. The van der Waals surface area contributed by atoms with Gasteiger partial charge in [-0.2, -0.15) is 0 Å². The van der Waals surface area contributed by atoms with Crippen molar-refractivity contribution in [1.82, 2.24) is 10.2 Å². The molecule has 29 heavy (non-hydrogen) atoms. The van der Waals surface area contributed by atoms with Crippen LogP contribution in [-0.2, 0) is 20.7 Å². The van der Waals surface area contributed by atoms with Gasteiger partial charge < -0.3 is 19.7 Å². The Kier molecular flexibility index (Phi) is 7.06. The number of carbonyl (C=O) groups excluding carboxylic acids is 2. The molecule has 0 unspecified atom stereocenters. The van der Waals surface area contributed by atoms with Crippen molar-refractivity contribution in [3.05, 3.63) is 34.3 Å². The molecule has 1 saturated heterocycles. The minimum Gasteiger partial charge on any atom is -0.444 e. The first-order valence-corrected chi connectivity index (χ1v) is 10.7. The highest BCUT2D eigenvalue weighted by atomic mass is 35.5. The van der Waals surface area contributed by atoms with Crippen LogP contribution in [-0.4, -0.2) is 48.8 Å². The van der Waals surface area contributed by atoms with Crippen LogP contribution >= 0.6 is 11.6 Å². The molecule has 6 nitrogen and oxygen atoms in total. The smallest absolute Gasteiger partial charge is 0.410 e. The number of benzene rings is 1. The van der Waals surface area contributed by atoms with Gasteiger partial charge in [-0.05, 0) is 69.7 Å². The van der Waals surface area contributed by atoms with E-state index < -0.39 is 5.60 Å². The lowest BCUT2D eigenvalue weighted by Gasteiger charge is -2.34. The molecule has 1 aromatic carbocycles. The third-order valence-electron chi connectivity index (χ3n) is 5.28. The van der Waals surface area contributed by atoms with E-state index in [9.17, 15) is 9.59 Å². The van der Waals surface area contributed by atoms with Crippen molar-refractivity contribution in [3.63, 3.8) is 0 Å². The zero-order valence-corrected chi connectivity index (χ0v) is 18.3. The molecule has 0 saturated carbocycles. The van der Waals surface area contributed by atoms with E-state index in [1.54, 1.807) is 4.90 Å². The molecule has 1 N–H and O–H groups in total. The van der Waals surface area contributed by atoms with Gasteiger partial charge >= 0.3 is 6.09 Å². The molecule has 1 heterocycles. The van der Waals surface area contributed by atoms with Gasteiger partial charge in [0.25, 0.3) is 0 Å². The van der Waals surface area contributed by atoms with E-state index >= 15 is 0 Å². The molecule has 160 valence electrons. The fourth-order valence-corrected chi connectivity index (χ4v) is 4.18. The van der Waals surface area contributed by atoms with E-state index in [0.29, 0.717) is 19.7 Å². The van der Waals surface area contributed by atoms with Gasteiger partial charge in [0.05, 0.1) is 12.6 Å². The van der Waals surface area contributed by atoms with Crippen LogP contribution in [0.4, 0.5) is 4.79 Å². The molecule has 0 aromatic heterocycles. The summed E-state index contributed by atoms with van der Waals surface area (Å²) in [6.07, 6.45) is 3.43. The summed E-state index contributed by atoms with van der Waals surface area (Å²) >= 11 is 6.04. The molecule has 0 radical (unpaired) electrons. The number of halogens is 1. The molecule has 7 heteroatoms. The minimum absolute atomic E-state index is 0.0238. The highest BCUT2D eigenvalue weighted by Gasteiger charge is 2.28. The zero-order chi connectivity index (χ0) is 21.0. The molecule has 1 aromatic rings. The van der Waals surface area contributed by atoms with E-state index in [1.165, 1.54) is 5.56 Å². The Labute approximate surface area is 177 Å². The number of hydrogen-bond acceptors (Lipinski definition) is 4. The largest absolute Gasteiger partial charge is 0.444 e. The van der Waals surface area contributed by atoms with Crippen LogP contribution in [0.25, 0.3) is 0 Å². The first kappa shape index (κ1) is 21.9. The predicted octanol–water partition coefficient (Wildman–Crippen LogP) is 4.11. The van der Waals surface area contributed by atoms with Gasteiger partial charge in [-0.1, -0.05) is 17.7 Å². The Morgan fingerprint density at radius 3 is 2.83 bits per heavy atom. The molecule has 0 spiro atoms. The van der Waals surface area contributed by atoms with E-state index in [0.717, 1.165) is 36.3 Å². The van der Waals surface area contributed by atoms with Crippen LogP contribution in [0.3, 0.4) is 0 Å². The number of likely N-dealkylation sites (tertiary alicyclic amines) is 1. The number of carbonyl (C=O) groups is 2. The van der Waals surface area contributed by atoms with Crippen molar-refractivity contribution < 1.29 is 19.1 Å². The second-order valence-electron chi connectivity index (χ2n) is 8.95. The summed E-state index contributed by atoms with van der Waals surface area (Å²) in [6.45, 7) is 7.40. The molecule has 0 bridgehead atoms. The molecular formula is C22H31ClN2O4. The van der Waals surface area contributed by atoms with Crippen molar-refractivity contribution in [2.75, 3.05) is 26.3 Å². The average molecular weight is 423 g/mol. The number of amides is 2. The quantitative estimate of drug-likeness (QED) is 0.775. The standard InChI is InChI=1S/C22H31ClN2O4/c1-22(2,3)29-21(27)25-10-4-5-15(12-25)13-28-14-20(26)24-19-9-6-16-11-17(23)7-8-18(16)19/h7-8,11,15,19H,4-6,9-10,12-14H2,1-3H3,(H,24,26)/t15-,19+/m1/s1. The summed E-state index contributed by atoms with van der Waals surface area (Å²) in [6, 6.07) is 5.85. The van der Waals surface area contributed by atoms with Crippen molar-refractivity contribution in [1.29, 1.82) is 0 Å². The number of nitrogens with zero attached hydrogens (tertiary/aromatic N) is 1. The fraction of sp³-hybridized carbons (Fsp3) is 0.636. The van der Waals surface area contributed by atoms with Crippen molar-refractivity contribution in [2.45, 2.75) is 58.1 Å². The van der Waals surface area contributed by atoms with Crippen LogP contribution in [0.1, 0.15) is 57.2 Å². The highest BCUT2D eigenvalue weighted by Crippen LogP contribution is 2.32. The second-order valence-corrected chi connectivity index (χ2v) is 9.39. The summed E-state index contributed by atoms with van der Waals surface area (Å²) in [5, 5.41) is 3.78. The van der Waals surface area contributed by atoms with E-state index in [2.05, 4.69) is 5.32 Å². The Bertz CT molecular complexity index is 747. The zero-order valence-electron chi connectivity index (χ0n) is 17.5. The maximum atomic E-state index is 12.3. The average Bonchev–Trinajstić information content (AvgIpc) is 3.02. The van der Waals surface area contributed by atoms with Crippen LogP contribution in [0.5, 0.6) is 0 Å². The summed E-state index contributed by atoms with van der Waals surface area (Å²) in [4.78, 5) is 26.3. The van der Waals surface area contributed by atoms with Crippen LogP contribution in [0.15, 0.2) is 18.2 Å². The maximum Gasteiger partial charge on any atom is 0.410 e. The van der Waals surface area contributed by atoms with E-state index in [-0.39, 0.29) is 30.6 Å². The lowest BCUT2D eigenvalue weighted by atomic mass is 9.99. The normalized spacial score (nSPS) is 21.6. The highest BCUT2D eigenvalue weighted by molar-refractivity contribution is 6.30. The van der Waals surface area contributed by atoms with E-state index in [1.807, 2.05) is 39.0 Å². The molecule has 1 aliphatic heterocycles. The molecule has 2 aliphatic rings. The lowest BCUT2D eigenvalue weighted by molar-refractivity contribution is -0.127. The van der Waals surface area contributed by atoms with Crippen LogP contribution in [0, 0.1) is 5.92 Å². The molecule has 3 rings (SSSR count). The van der Waals surface area contributed by atoms with Gasteiger partial charge in [0.15, 0.2) is 0 Å². The Morgan fingerprint density at radius 1 is 1.28 bits per heavy atom. The number of hydrogen-bond donors (Lipinski definition) is 1. The molecule has 1 aliphatic carbocycles. The summed E-state index contributed by atoms with van der Waals surface area (Å²) in [5.41, 5.74) is 1.85. The van der Waals surface area contributed by atoms with Crippen molar-refractivity contribution >= 4 is 23.6 Å². The Hall–Kier alpha value is -1.79. The first-order valence-electron chi connectivity index (χ1n) is 10.3. The van der Waals surface area contributed by atoms with Gasteiger partial charge in [0.2, 0.25) is 5.91 Å². The third-order valence-corrected chi connectivity index (χ3v) is 5.51. The number of aryl methyl sites for hydroxylation is 1. The monoisotopic (exact) mass is 422 g/mol. The number of nitrogens with one attached hydrogen (secondary N) is 1. The number of fused-ring (bicyclic) bond motifs is 1. The maximum absolute atomic E-state index is 12.3. The first-order chi connectivity index (χ1) is 13.7. The van der Waals surface area contributed by atoms with Gasteiger partial charge in [-0.15, -0.1) is 0 Å². The van der Waals surface area contributed by atoms with Crippen molar-refractivity contribution in [3.8, 4) is 0 Å². The fourth-order valence-electron chi connectivity index (χ4n) is 3.98. The van der Waals surface area contributed by atoms with Crippen molar-refractivity contribution in [2.24, 2.45) is 5.92 Å². The number of rotatable bonds is 5. The van der Waals surface area contributed by atoms with Gasteiger partial charge in [-0.3, -0.25) is 4.79 Å². The third kappa shape index (κ3) is 6.34. The minimum atomic E-state index is -0.497. The molecular weight excluding hydrogens is 392 g/mol. The molecule has 2 amide bonds. The summed E-state index contributed by atoms with van der Waals surface area (Å²) in [7, 11) is 0. The summed E-state index contributed by atoms with van der Waals surface area (Å²) < 4.78 is 11.1. The second kappa shape index (κ2) is 9.35. The summed E-state index contributed by atoms with van der Waals surface area (Å²) in [5.74, 6) is 0.107. The van der Waals surface area contributed by atoms with Gasteiger partial charge in [0, 0.05) is 24.0 Å². The van der Waals surface area contributed by atoms with Gasteiger partial charge in [-0.25, -0.2) is 4.79 Å². The Morgan fingerprint density at radius 2 is 2.07 bits per heavy atom. The van der Waals surface area contributed by atoms with Gasteiger partial charge in [0.1, 0.15) is 12.2 Å². The predicted molar refractivity (Wildman–Crippen MR) is 112 cm³/mol. The topological polar surface area (TPSA) is 67.9 Å². The van der Waals surface area contributed by atoms with Crippen LogP contribution in [0.2, 0.25) is 5.02 Å². The molecule has 2 atom stereocenters. The lowest BCUT2D eigenvalue weighted by Crippen LogP contribution is -2.44. The SMILES string of the molecule is CC(C)(C)OC(=O)N1CCC[C@@H](COCC(=O)N[C@H]2CCc3cc(Cl)ccc32)C1. The molecule has 1 fully saturated rings.